The van der Waals surface area contributed by atoms with Gasteiger partial charge < -0.3 is 15.3 Å². The molecule has 0 atom stereocenters. The van der Waals surface area contributed by atoms with Crippen LogP contribution in [-0.2, 0) is 16.8 Å². The lowest BCUT2D eigenvalue weighted by Gasteiger charge is -2.38. The first kappa shape index (κ1) is 19.8. The Hall–Kier alpha value is -1.95. The van der Waals surface area contributed by atoms with Crippen molar-refractivity contribution < 1.29 is 14.3 Å². The number of nitrogens with zero attached hydrogens (tertiary/aromatic N) is 1. The van der Waals surface area contributed by atoms with Gasteiger partial charge in [-0.05, 0) is 48.2 Å². The molecule has 0 aromatic heterocycles. The van der Waals surface area contributed by atoms with Crippen LogP contribution in [0.15, 0.2) is 48.5 Å². The fourth-order valence-corrected chi connectivity index (χ4v) is 3.66. The van der Waals surface area contributed by atoms with E-state index in [1.165, 1.54) is 12.1 Å². The van der Waals surface area contributed by atoms with Gasteiger partial charge in [0.15, 0.2) is 0 Å². The third-order valence-corrected chi connectivity index (χ3v) is 5.30. The van der Waals surface area contributed by atoms with Gasteiger partial charge in [0.05, 0.1) is 12.0 Å². The maximum Gasteiger partial charge on any atom is 0.224 e. The molecule has 0 radical (unpaired) electrons. The largest absolute Gasteiger partial charge is 0.385 e. The summed E-state index contributed by atoms with van der Waals surface area (Å²) in [5.74, 6) is -0.328. The quantitative estimate of drug-likeness (QED) is 0.796. The zero-order chi connectivity index (χ0) is 19.3. The zero-order valence-corrected chi connectivity index (χ0v) is 15.9. The molecular weight excluding hydrogens is 367 g/mol. The van der Waals surface area contributed by atoms with Crippen molar-refractivity contribution in [1.82, 2.24) is 10.2 Å². The fourth-order valence-electron chi connectivity index (χ4n) is 3.44. The Bertz CT molecular complexity index is 774. The Balaban J connectivity index is 1.40. The monoisotopic (exact) mass is 390 g/mol. The summed E-state index contributed by atoms with van der Waals surface area (Å²) in [5.41, 5.74) is 0.751. The van der Waals surface area contributed by atoms with E-state index < -0.39 is 5.60 Å². The number of piperidine rings is 1. The van der Waals surface area contributed by atoms with Crippen LogP contribution in [0, 0.1) is 5.82 Å². The summed E-state index contributed by atoms with van der Waals surface area (Å²) in [5, 5.41) is 14.4. The molecule has 2 aromatic carbocycles. The molecule has 0 spiro atoms. The molecule has 144 valence electrons. The van der Waals surface area contributed by atoms with Crippen LogP contribution in [0.4, 0.5) is 4.39 Å². The summed E-state index contributed by atoms with van der Waals surface area (Å²) in [7, 11) is 0. The predicted octanol–water partition coefficient (Wildman–Crippen LogP) is 3.12. The first-order chi connectivity index (χ1) is 12.9. The summed E-state index contributed by atoms with van der Waals surface area (Å²) in [6.07, 6.45) is 1.50. The SMILES string of the molecule is O=C(Cc1cccc(Cl)c1)NCCN1CCC(O)(c2ccc(F)cc2)CC1. The summed E-state index contributed by atoms with van der Waals surface area (Å²) in [4.78, 5) is 14.3. The van der Waals surface area contributed by atoms with Gasteiger partial charge in [0.25, 0.3) is 0 Å². The van der Waals surface area contributed by atoms with Gasteiger partial charge in [-0.1, -0.05) is 35.9 Å². The van der Waals surface area contributed by atoms with Crippen molar-refractivity contribution in [2.75, 3.05) is 26.2 Å². The van der Waals surface area contributed by atoms with Crippen LogP contribution in [0.2, 0.25) is 5.02 Å². The first-order valence-corrected chi connectivity index (χ1v) is 9.54. The average Bonchev–Trinajstić information content (AvgIpc) is 2.64. The van der Waals surface area contributed by atoms with E-state index >= 15 is 0 Å². The van der Waals surface area contributed by atoms with E-state index in [-0.39, 0.29) is 11.7 Å². The minimum atomic E-state index is -0.903. The lowest BCUT2D eigenvalue weighted by molar-refractivity contribution is -0.120. The highest BCUT2D eigenvalue weighted by Gasteiger charge is 2.33. The van der Waals surface area contributed by atoms with Gasteiger partial charge in [-0.15, -0.1) is 0 Å². The van der Waals surface area contributed by atoms with E-state index in [9.17, 15) is 14.3 Å². The number of aliphatic hydroxyl groups is 1. The molecule has 3 rings (SSSR count). The standard InChI is InChI=1S/C21H24ClFN2O2/c22-18-3-1-2-16(14-18)15-20(26)24-10-13-25-11-8-21(27,9-12-25)17-4-6-19(23)7-5-17/h1-7,14,27H,8-13,15H2,(H,24,26). The van der Waals surface area contributed by atoms with Crippen molar-refractivity contribution in [3.05, 3.63) is 70.5 Å². The van der Waals surface area contributed by atoms with Crippen LogP contribution in [0.1, 0.15) is 24.0 Å². The van der Waals surface area contributed by atoms with Gasteiger partial charge in [0.1, 0.15) is 5.82 Å². The van der Waals surface area contributed by atoms with Crippen LogP contribution < -0.4 is 5.32 Å². The average molecular weight is 391 g/mol. The van der Waals surface area contributed by atoms with Gasteiger partial charge in [-0.3, -0.25) is 4.79 Å². The van der Waals surface area contributed by atoms with Crippen LogP contribution >= 0.6 is 11.6 Å². The summed E-state index contributed by atoms with van der Waals surface area (Å²) in [6.45, 7) is 2.77. The smallest absolute Gasteiger partial charge is 0.224 e. The van der Waals surface area contributed by atoms with E-state index in [1.54, 1.807) is 24.3 Å². The highest BCUT2D eigenvalue weighted by atomic mass is 35.5. The number of benzene rings is 2. The predicted molar refractivity (Wildman–Crippen MR) is 104 cm³/mol. The molecule has 2 N–H and O–H groups in total. The van der Waals surface area contributed by atoms with Crippen LogP contribution in [0.5, 0.6) is 0 Å². The normalized spacial score (nSPS) is 16.9. The Kier molecular flexibility index (Phi) is 6.47. The van der Waals surface area contributed by atoms with E-state index in [0.29, 0.717) is 30.8 Å². The Morgan fingerprint density at radius 1 is 1.19 bits per heavy atom. The van der Waals surface area contributed by atoms with E-state index in [1.807, 2.05) is 12.1 Å². The number of hydrogen-bond donors (Lipinski definition) is 2. The summed E-state index contributed by atoms with van der Waals surface area (Å²) in [6, 6.07) is 13.4. The van der Waals surface area contributed by atoms with Gasteiger partial charge in [0.2, 0.25) is 5.91 Å². The molecule has 1 saturated heterocycles. The lowest BCUT2D eigenvalue weighted by atomic mass is 9.84. The molecule has 0 unspecified atom stereocenters. The number of hydrogen-bond acceptors (Lipinski definition) is 3. The number of carbonyl (C=O) groups is 1. The zero-order valence-electron chi connectivity index (χ0n) is 15.1. The molecule has 1 heterocycles. The molecule has 1 aliphatic rings. The van der Waals surface area contributed by atoms with Crippen LogP contribution in [-0.4, -0.2) is 42.1 Å². The Labute approximate surface area is 164 Å². The van der Waals surface area contributed by atoms with E-state index in [4.69, 9.17) is 11.6 Å². The molecule has 6 heteroatoms. The van der Waals surface area contributed by atoms with Crippen molar-refractivity contribution >= 4 is 17.5 Å². The molecule has 2 aromatic rings. The molecule has 1 aliphatic heterocycles. The molecule has 0 aliphatic carbocycles. The maximum atomic E-state index is 13.1. The van der Waals surface area contributed by atoms with E-state index in [2.05, 4.69) is 10.2 Å². The highest BCUT2D eigenvalue weighted by molar-refractivity contribution is 6.30. The number of amides is 1. The molecule has 1 amide bonds. The van der Waals surface area contributed by atoms with Crippen molar-refractivity contribution in [2.24, 2.45) is 0 Å². The summed E-state index contributed by atoms with van der Waals surface area (Å²) < 4.78 is 13.1. The maximum absolute atomic E-state index is 13.1. The van der Waals surface area contributed by atoms with Crippen LogP contribution in [0.25, 0.3) is 0 Å². The minimum Gasteiger partial charge on any atom is -0.385 e. The number of halogens is 2. The highest BCUT2D eigenvalue weighted by Crippen LogP contribution is 2.32. The fraction of sp³-hybridized carbons (Fsp3) is 0.381. The Morgan fingerprint density at radius 2 is 1.89 bits per heavy atom. The van der Waals surface area contributed by atoms with E-state index in [0.717, 1.165) is 30.8 Å². The van der Waals surface area contributed by atoms with Crippen molar-refractivity contribution in [3.8, 4) is 0 Å². The van der Waals surface area contributed by atoms with Gasteiger partial charge in [-0.2, -0.15) is 0 Å². The number of carbonyl (C=O) groups excluding carboxylic acids is 1. The molecule has 27 heavy (non-hydrogen) atoms. The number of rotatable bonds is 6. The van der Waals surface area contributed by atoms with Gasteiger partial charge >= 0.3 is 0 Å². The second kappa shape index (κ2) is 8.83. The second-order valence-electron chi connectivity index (χ2n) is 7.04. The molecule has 4 nitrogen and oxygen atoms in total. The molecule has 1 fully saturated rings. The molecule has 0 bridgehead atoms. The topological polar surface area (TPSA) is 52.6 Å². The summed E-state index contributed by atoms with van der Waals surface area (Å²) >= 11 is 5.93. The molecular formula is C21H24ClFN2O2. The lowest BCUT2D eigenvalue weighted by Crippen LogP contribution is -2.45. The third kappa shape index (κ3) is 5.51. The Morgan fingerprint density at radius 3 is 2.56 bits per heavy atom. The number of likely N-dealkylation sites (tertiary alicyclic amines) is 1. The number of nitrogens with one attached hydrogen (secondary N) is 1. The molecule has 0 saturated carbocycles. The van der Waals surface area contributed by atoms with Gasteiger partial charge in [-0.25, -0.2) is 4.39 Å². The van der Waals surface area contributed by atoms with Crippen molar-refractivity contribution in [2.45, 2.75) is 24.9 Å². The second-order valence-corrected chi connectivity index (χ2v) is 7.47. The van der Waals surface area contributed by atoms with Crippen LogP contribution in [0.3, 0.4) is 0 Å². The third-order valence-electron chi connectivity index (χ3n) is 5.07. The van der Waals surface area contributed by atoms with Gasteiger partial charge in [0, 0.05) is 31.2 Å². The van der Waals surface area contributed by atoms with Crippen molar-refractivity contribution in [3.63, 3.8) is 0 Å². The van der Waals surface area contributed by atoms with Crippen molar-refractivity contribution in [1.29, 1.82) is 0 Å². The minimum absolute atomic E-state index is 0.0305. The first-order valence-electron chi connectivity index (χ1n) is 9.16.